The number of nitrogens with zero attached hydrogens (tertiary/aromatic N) is 1. The number of likely N-dealkylation sites (N-methyl/N-ethyl adjacent to an activating group) is 1. The number of nitrogens with one attached hydrogen (secondary N) is 1. The largest absolute Gasteiger partial charge is 0.484 e. The first kappa shape index (κ1) is 14.9. The number of aryl methyl sites for hydroxylation is 1. The molecule has 0 aliphatic carbocycles. The van der Waals surface area contributed by atoms with Crippen LogP contribution in [-0.2, 0) is 11.2 Å². The molecule has 2 rings (SSSR count). The van der Waals surface area contributed by atoms with Gasteiger partial charge in [-0.3, -0.25) is 4.79 Å². The molecule has 1 aliphatic heterocycles. The maximum atomic E-state index is 12.2. The fraction of sp³-hybridized carbons (Fsp3) is 0.562. The molecular formula is C16H24N2O2. The second-order valence-corrected chi connectivity index (χ2v) is 5.23. The number of carbonyl (C=O) groups excluding carboxylic acids is 1. The third-order valence-electron chi connectivity index (χ3n) is 3.83. The van der Waals surface area contributed by atoms with Crippen molar-refractivity contribution in [2.24, 2.45) is 0 Å². The van der Waals surface area contributed by atoms with Crippen LogP contribution in [0.1, 0.15) is 25.3 Å². The molecule has 1 atom stereocenters. The van der Waals surface area contributed by atoms with Crippen molar-refractivity contribution in [3.63, 3.8) is 0 Å². The Balaban J connectivity index is 1.84. The van der Waals surface area contributed by atoms with Gasteiger partial charge in [0.25, 0.3) is 5.91 Å². The van der Waals surface area contributed by atoms with Gasteiger partial charge in [-0.15, -0.1) is 0 Å². The average molecular weight is 276 g/mol. The first-order valence-electron chi connectivity index (χ1n) is 7.40. The number of amides is 1. The van der Waals surface area contributed by atoms with Gasteiger partial charge in [0.1, 0.15) is 5.75 Å². The highest BCUT2D eigenvalue weighted by atomic mass is 16.5. The minimum absolute atomic E-state index is 0.0855. The Morgan fingerprint density at radius 3 is 2.80 bits per heavy atom. The van der Waals surface area contributed by atoms with Crippen LogP contribution in [0.25, 0.3) is 0 Å². The average Bonchev–Trinajstić information content (AvgIpc) is 2.94. The van der Waals surface area contributed by atoms with E-state index in [0.717, 1.165) is 38.1 Å². The monoisotopic (exact) mass is 276 g/mol. The molecule has 0 spiro atoms. The zero-order valence-corrected chi connectivity index (χ0v) is 12.4. The molecule has 4 nitrogen and oxygen atoms in total. The van der Waals surface area contributed by atoms with Gasteiger partial charge < -0.3 is 15.0 Å². The third-order valence-corrected chi connectivity index (χ3v) is 3.83. The van der Waals surface area contributed by atoms with Crippen LogP contribution in [0.15, 0.2) is 24.3 Å². The van der Waals surface area contributed by atoms with Crippen molar-refractivity contribution < 1.29 is 9.53 Å². The lowest BCUT2D eigenvalue weighted by Crippen LogP contribution is -2.43. The van der Waals surface area contributed by atoms with E-state index in [9.17, 15) is 4.79 Å². The Kier molecular flexibility index (Phi) is 5.41. The Bertz CT molecular complexity index is 431. The van der Waals surface area contributed by atoms with Gasteiger partial charge in [-0.05, 0) is 44.0 Å². The molecule has 110 valence electrons. The summed E-state index contributed by atoms with van der Waals surface area (Å²) in [4.78, 5) is 14.1. The van der Waals surface area contributed by atoms with E-state index in [-0.39, 0.29) is 12.5 Å². The maximum Gasteiger partial charge on any atom is 0.260 e. The van der Waals surface area contributed by atoms with Gasteiger partial charge in [0.15, 0.2) is 6.61 Å². The van der Waals surface area contributed by atoms with Crippen molar-refractivity contribution in [2.75, 3.05) is 26.7 Å². The fourth-order valence-corrected chi connectivity index (χ4v) is 2.66. The van der Waals surface area contributed by atoms with Gasteiger partial charge in [-0.25, -0.2) is 0 Å². The van der Waals surface area contributed by atoms with Gasteiger partial charge >= 0.3 is 0 Å². The molecule has 1 unspecified atom stereocenters. The molecule has 4 heteroatoms. The van der Waals surface area contributed by atoms with Crippen molar-refractivity contribution in [1.29, 1.82) is 0 Å². The molecule has 1 aliphatic rings. The number of hydrogen-bond acceptors (Lipinski definition) is 3. The summed E-state index contributed by atoms with van der Waals surface area (Å²) in [6.45, 7) is 3.96. The number of carbonyl (C=O) groups is 1. The van der Waals surface area contributed by atoms with Crippen LogP contribution in [0.2, 0.25) is 0 Å². The van der Waals surface area contributed by atoms with Gasteiger partial charge in [0, 0.05) is 19.1 Å². The quantitative estimate of drug-likeness (QED) is 0.862. The van der Waals surface area contributed by atoms with Crippen molar-refractivity contribution >= 4 is 5.91 Å². The highest BCUT2D eigenvalue weighted by molar-refractivity contribution is 5.78. The minimum Gasteiger partial charge on any atom is -0.484 e. The van der Waals surface area contributed by atoms with E-state index in [0.29, 0.717) is 6.04 Å². The Morgan fingerprint density at radius 2 is 2.15 bits per heavy atom. The van der Waals surface area contributed by atoms with E-state index in [2.05, 4.69) is 12.2 Å². The smallest absolute Gasteiger partial charge is 0.260 e. The van der Waals surface area contributed by atoms with Gasteiger partial charge in [-0.2, -0.15) is 0 Å². The molecule has 0 bridgehead atoms. The summed E-state index contributed by atoms with van der Waals surface area (Å²) < 4.78 is 5.59. The Labute approximate surface area is 121 Å². The van der Waals surface area contributed by atoms with Gasteiger partial charge in [-0.1, -0.05) is 19.1 Å². The van der Waals surface area contributed by atoms with Crippen LogP contribution in [0, 0.1) is 0 Å². The standard InChI is InChI=1S/C16H24N2O2/c1-3-13-6-8-15(9-7-13)20-12-16(19)18-10-4-5-14(18)11-17-2/h6-9,14,17H,3-5,10-12H2,1-2H3. The topological polar surface area (TPSA) is 41.6 Å². The lowest BCUT2D eigenvalue weighted by atomic mass is 10.2. The van der Waals surface area contributed by atoms with E-state index in [4.69, 9.17) is 4.74 Å². The van der Waals surface area contributed by atoms with E-state index in [1.807, 2.05) is 36.2 Å². The van der Waals surface area contributed by atoms with Gasteiger partial charge in [0.05, 0.1) is 0 Å². The molecule has 1 amide bonds. The Hall–Kier alpha value is -1.55. The molecule has 1 saturated heterocycles. The highest BCUT2D eigenvalue weighted by Gasteiger charge is 2.28. The summed E-state index contributed by atoms with van der Waals surface area (Å²) in [7, 11) is 1.92. The number of likely N-dealkylation sites (tertiary alicyclic amines) is 1. The van der Waals surface area contributed by atoms with Crippen LogP contribution in [-0.4, -0.2) is 43.6 Å². The summed E-state index contributed by atoms with van der Waals surface area (Å²) in [5.41, 5.74) is 1.28. The van der Waals surface area contributed by atoms with E-state index < -0.39 is 0 Å². The van der Waals surface area contributed by atoms with E-state index >= 15 is 0 Å². The van der Waals surface area contributed by atoms with Gasteiger partial charge in [0.2, 0.25) is 0 Å². The third kappa shape index (κ3) is 3.73. The molecule has 0 aromatic heterocycles. The Morgan fingerprint density at radius 1 is 1.40 bits per heavy atom. The summed E-state index contributed by atoms with van der Waals surface area (Å²) in [5, 5.41) is 3.15. The second-order valence-electron chi connectivity index (χ2n) is 5.23. The molecule has 1 heterocycles. The second kappa shape index (κ2) is 7.29. The summed E-state index contributed by atoms with van der Waals surface area (Å²) in [6, 6.07) is 8.26. The summed E-state index contributed by atoms with van der Waals surface area (Å²) >= 11 is 0. The molecule has 20 heavy (non-hydrogen) atoms. The van der Waals surface area contributed by atoms with Crippen LogP contribution in [0.3, 0.4) is 0 Å². The molecule has 0 radical (unpaired) electrons. The lowest BCUT2D eigenvalue weighted by molar-refractivity contribution is -0.134. The molecule has 1 aromatic carbocycles. The number of benzene rings is 1. The van der Waals surface area contributed by atoms with Crippen LogP contribution < -0.4 is 10.1 Å². The normalized spacial score (nSPS) is 18.3. The number of ether oxygens (including phenoxy) is 1. The highest BCUT2D eigenvalue weighted by Crippen LogP contribution is 2.18. The minimum atomic E-state index is 0.0855. The van der Waals surface area contributed by atoms with E-state index in [1.165, 1.54) is 5.56 Å². The predicted molar refractivity (Wildman–Crippen MR) is 80.0 cm³/mol. The molecule has 1 N–H and O–H groups in total. The zero-order valence-electron chi connectivity index (χ0n) is 12.4. The van der Waals surface area contributed by atoms with Crippen molar-refractivity contribution in [1.82, 2.24) is 10.2 Å². The van der Waals surface area contributed by atoms with Crippen molar-refractivity contribution in [3.05, 3.63) is 29.8 Å². The number of hydrogen-bond donors (Lipinski definition) is 1. The fourth-order valence-electron chi connectivity index (χ4n) is 2.66. The van der Waals surface area contributed by atoms with E-state index in [1.54, 1.807) is 0 Å². The summed E-state index contributed by atoms with van der Waals surface area (Å²) in [5.74, 6) is 0.849. The maximum absolute atomic E-state index is 12.2. The molecule has 0 saturated carbocycles. The SMILES string of the molecule is CCc1ccc(OCC(=O)N2CCCC2CNC)cc1. The van der Waals surface area contributed by atoms with Crippen molar-refractivity contribution in [2.45, 2.75) is 32.2 Å². The lowest BCUT2D eigenvalue weighted by Gasteiger charge is -2.24. The molecule has 1 fully saturated rings. The predicted octanol–water partition coefficient (Wildman–Crippen LogP) is 1.84. The van der Waals surface area contributed by atoms with Crippen molar-refractivity contribution in [3.8, 4) is 5.75 Å². The number of rotatable bonds is 6. The van der Waals surface area contributed by atoms with Crippen LogP contribution in [0.4, 0.5) is 0 Å². The van der Waals surface area contributed by atoms with Crippen LogP contribution >= 0.6 is 0 Å². The van der Waals surface area contributed by atoms with Crippen LogP contribution in [0.5, 0.6) is 5.75 Å². The first-order valence-corrected chi connectivity index (χ1v) is 7.40. The summed E-state index contributed by atoms with van der Waals surface area (Å²) in [6.07, 6.45) is 3.18. The molecule has 1 aromatic rings. The zero-order chi connectivity index (χ0) is 14.4. The molecular weight excluding hydrogens is 252 g/mol. The first-order chi connectivity index (χ1) is 9.74.